The van der Waals surface area contributed by atoms with Crippen molar-refractivity contribution >= 4 is 75.7 Å². The molecule has 1 N–H and O–H groups in total. The Bertz CT molecular complexity index is 849. The molecule has 0 aliphatic heterocycles. The highest BCUT2D eigenvalue weighted by Gasteiger charge is 2.13. The topological polar surface area (TPSA) is 37.3 Å². The third-order valence-corrected chi connectivity index (χ3v) is 4.26. The second-order valence-corrected chi connectivity index (χ2v) is 5.81. The smallest absolute Gasteiger partial charge is 0.300 e. The van der Waals surface area contributed by atoms with Crippen LogP contribution < -0.4 is 0 Å². The zero-order valence-electron chi connectivity index (χ0n) is 14.0. The molecule has 26 heavy (non-hydrogen) atoms. The number of aliphatic carboxylic acids is 1. The Morgan fingerprint density at radius 3 is 2.08 bits per heavy atom. The highest BCUT2D eigenvalue weighted by molar-refractivity contribution is 6.08. The fraction of sp³-hybridized carbons (Fsp3) is 0.250. The van der Waals surface area contributed by atoms with Crippen molar-refractivity contribution in [3.05, 3.63) is 59.7 Å². The minimum atomic E-state index is -0.833. The maximum absolute atomic E-state index is 9.00. The van der Waals surface area contributed by atoms with Crippen LogP contribution in [-0.2, 0) is 17.6 Å². The second kappa shape index (κ2) is 12.2. The first-order chi connectivity index (χ1) is 10.7. The van der Waals surface area contributed by atoms with Gasteiger partial charge in [-0.15, -0.1) is 37.2 Å². The first-order valence-corrected chi connectivity index (χ1v) is 7.78. The van der Waals surface area contributed by atoms with E-state index >= 15 is 0 Å². The summed E-state index contributed by atoms with van der Waals surface area (Å²) in [5, 5.41) is 13.1. The summed E-state index contributed by atoms with van der Waals surface area (Å²) < 4.78 is 0. The minimum absolute atomic E-state index is 0. The predicted molar refractivity (Wildman–Crippen MR) is 124 cm³/mol. The Morgan fingerprint density at radius 2 is 1.38 bits per heavy atom. The van der Waals surface area contributed by atoms with E-state index in [1.54, 1.807) is 11.1 Å². The van der Waals surface area contributed by atoms with Crippen molar-refractivity contribution in [1.82, 2.24) is 0 Å². The molecular formula is C20H27Cl3O2Si. The molecule has 3 aromatic carbocycles. The first kappa shape index (κ1) is 27.0. The van der Waals surface area contributed by atoms with Gasteiger partial charge in [-0.3, -0.25) is 4.79 Å². The summed E-state index contributed by atoms with van der Waals surface area (Å²) in [7, 11) is 0. The SMILES string of the molecule is CC(=O)O.Cl.Cl.Cl.[SiH4].c1ccc2c(c1)ccc1c3c(ccc12)CCCC3. The monoisotopic (exact) mass is 432 g/mol. The van der Waals surface area contributed by atoms with Crippen LogP contribution in [0.2, 0.25) is 0 Å². The van der Waals surface area contributed by atoms with Crippen LogP contribution in [0.5, 0.6) is 0 Å². The van der Waals surface area contributed by atoms with Gasteiger partial charge < -0.3 is 5.11 Å². The molecule has 0 unspecified atom stereocenters. The van der Waals surface area contributed by atoms with E-state index in [2.05, 4.69) is 48.5 Å². The van der Waals surface area contributed by atoms with E-state index in [9.17, 15) is 0 Å². The van der Waals surface area contributed by atoms with E-state index in [-0.39, 0.29) is 48.2 Å². The molecule has 0 heterocycles. The van der Waals surface area contributed by atoms with Gasteiger partial charge >= 0.3 is 0 Å². The average molecular weight is 434 g/mol. The van der Waals surface area contributed by atoms with Gasteiger partial charge in [-0.25, -0.2) is 0 Å². The quantitative estimate of drug-likeness (QED) is 0.409. The summed E-state index contributed by atoms with van der Waals surface area (Å²) >= 11 is 0. The molecule has 0 radical (unpaired) electrons. The molecule has 0 amide bonds. The number of benzene rings is 3. The van der Waals surface area contributed by atoms with Gasteiger partial charge in [0, 0.05) is 6.92 Å². The van der Waals surface area contributed by atoms with Gasteiger partial charge in [-0.1, -0.05) is 48.5 Å². The molecule has 2 nitrogen and oxygen atoms in total. The van der Waals surface area contributed by atoms with Crippen LogP contribution in [0, 0.1) is 0 Å². The van der Waals surface area contributed by atoms with Gasteiger partial charge in [0.2, 0.25) is 0 Å². The maximum Gasteiger partial charge on any atom is 0.300 e. The first-order valence-electron chi connectivity index (χ1n) is 7.78. The standard InChI is InChI=1S/C18H16.C2H4O2.3ClH.H4Si/c1-3-7-15-13(5-1)9-11-18-16-8-4-2-6-14(16)10-12-17(15)18;1-2(3)4;;;;/h1,3,5,7,9-12H,2,4,6,8H2;1H3,(H,3,4);3*1H;1H4. The van der Waals surface area contributed by atoms with E-state index < -0.39 is 5.97 Å². The van der Waals surface area contributed by atoms with E-state index in [4.69, 9.17) is 9.90 Å². The number of carbonyl (C=O) groups is 1. The number of aryl methyl sites for hydroxylation is 2. The largest absolute Gasteiger partial charge is 0.481 e. The Labute approximate surface area is 177 Å². The number of hydrogen-bond acceptors (Lipinski definition) is 1. The van der Waals surface area contributed by atoms with Crippen LogP contribution in [0.25, 0.3) is 21.5 Å². The highest BCUT2D eigenvalue weighted by atomic mass is 35.5. The minimum Gasteiger partial charge on any atom is -0.481 e. The normalized spacial score (nSPS) is 11.3. The van der Waals surface area contributed by atoms with Crippen molar-refractivity contribution in [2.45, 2.75) is 32.6 Å². The van der Waals surface area contributed by atoms with Crippen molar-refractivity contribution in [2.75, 3.05) is 0 Å². The van der Waals surface area contributed by atoms with Gasteiger partial charge in [0.05, 0.1) is 0 Å². The molecule has 3 aromatic rings. The maximum atomic E-state index is 9.00. The molecule has 0 fully saturated rings. The summed E-state index contributed by atoms with van der Waals surface area (Å²) in [6.45, 7) is 1.08. The number of fused-ring (bicyclic) bond motifs is 5. The van der Waals surface area contributed by atoms with Crippen LogP contribution in [0.3, 0.4) is 0 Å². The van der Waals surface area contributed by atoms with E-state index in [1.807, 2.05) is 0 Å². The van der Waals surface area contributed by atoms with Crippen LogP contribution in [0.4, 0.5) is 0 Å². The van der Waals surface area contributed by atoms with E-state index in [1.165, 1.54) is 47.2 Å². The zero-order valence-corrected chi connectivity index (χ0v) is 16.5. The Balaban J connectivity index is 0. The number of rotatable bonds is 0. The molecule has 0 aromatic heterocycles. The third-order valence-electron chi connectivity index (χ3n) is 4.26. The lowest BCUT2D eigenvalue weighted by Gasteiger charge is -2.18. The number of carboxylic acid groups (broad SMARTS) is 1. The molecule has 0 spiro atoms. The fourth-order valence-corrected chi connectivity index (χ4v) is 3.34. The third kappa shape index (κ3) is 5.88. The summed E-state index contributed by atoms with van der Waals surface area (Å²) in [6, 6.07) is 18.0. The average Bonchev–Trinajstić information content (AvgIpc) is 2.54. The van der Waals surface area contributed by atoms with Crippen molar-refractivity contribution in [1.29, 1.82) is 0 Å². The van der Waals surface area contributed by atoms with Crippen molar-refractivity contribution in [3.63, 3.8) is 0 Å². The molecule has 6 heteroatoms. The number of hydrogen-bond donors (Lipinski definition) is 1. The van der Waals surface area contributed by atoms with Gasteiger partial charge in [-0.05, 0) is 69.3 Å². The summed E-state index contributed by atoms with van der Waals surface area (Å²) in [6.07, 6.45) is 5.22. The fourth-order valence-electron chi connectivity index (χ4n) is 3.34. The molecular weight excluding hydrogens is 407 g/mol. The molecule has 1 aliphatic carbocycles. The van der Waals surface area contributed by atoms with Gasteiger partial charge in [0.15, 0.2) is 0 Å². The predicted octanol–water partition coefficient (Wildman–Crippen LogP) is 4.78. The Kier molecular flexibility index (Phi) is 12.6. The van der Waals surface area contributed by atoms with Crippen LogP contribution in [0.1, 0.15) is 30.9 Å². The van der Waals surface area contributed by atoms with Crippen molar-refractivity contribution in [3.8, 4) is 0 Å². The van der Waals surface area contributed by atoms with Crippen molar-refractivity contribution in [2.24, 2.45) is 0 Å². The lowest BCUT2D eigenvalue weighted by molar-refractivity contribution is -0.134. The highest BCUT2D eigenvalue weighted by Crippen LogP contribution is 2.33. The molecule has 1 aliphatic rings. The van der Waals surface area contributed by atoms with Gasteiger partial charge in [0.25, 0.3) is 5.97 Å². The lowest BCUT2D eigenvalue weighted by Crippen LogP contribution is -2.02. The van der Waals surface area contributed by atoms with Gasteiger partial charge in [-0.2, -0.15) is 0 Å². The zero-order chi connectivity index (χ0) is 15.5. The van der Waals surface area contributed by atoms with E-state index in [0.717, 1.165) is 6.92 Å². The van der Waals surface area contributed by atoms with Crippen LogP contribution in [-0.4, -0.2) is 22.0 Å². The molecule has 4 rings (SSSR count). The Morgan fingerprint density at radius 1 is 0.808 bits per heavy atom. The molecule has 0 saturated heterocycles. The second-order valence-electron chi connectivity index (χ2n) is 5.81. The van der Waals surface area contributed by atoms with Gasteiger partial charge in [0.1, 0.15) is 0 Å². The molecule has 144 valence electrons. The number of carboxylic acids is 1. The summed E-state index contributed by atoms with van der Waals surface area (Å²) in [4.78, 5) is 9.00. The molecule has 0 saturated carbocycles. The molecule has 0 bridgehead atoms. The Hall–Kier alpha value is -1.26. The van der Waals surface area contributed by atoms with Crippen LogP contribution in [0.15, 0.2) is 48.5 Å². The molecule has 0 atom stereocenters. The summed E-state index contributed by atoms with van der Waals surface area (Å²) in [5.41, 5.74) is 3.17. The summed E-state index contributed by atoms with van der Waals surface area (Å²) in [5.74, 6) is -0.833. The van der Waals surface area contributed by atoms with E-state index in [0.29, 0.717) is 0 Å². The number of halogens is 3. The lowest BCUT2D eigenvalue weighted by atomic mass is 9.86. The van der Waals surface area contributed by atoms with Crippen LogP contribution >= 0.6 is 37.2 Å². The van der Waals surface area contributed by atoms with Crippen molar-refractivity contribution < 1.29 is 9.90 Å².